The van der Waals surface area contributed by atoms with Crippen molar-refractivity contribution in [2.75, 3.05) is 6.54 Å². The fourth-order valence-electron chi connectivity index (χ4n) is 2.97. The number of aromatic amines is 1. The van der Waals surface area contributed by atoms with Gasteiger partial charge in [0.25, 0.3) is 5.69 Å². The van der Waals surface area contributed by atoms with Crippen molar-refractivity contribution >= 4 is 22.5 Å². The van der Waals surface area contributed by atoms with E-state index in [4.69, 9.17) is 0 Å². The number of nitro groups is 1. The number of aryl methyl sites for hydroxylation is 1. The summed E-state index contributed by atoms with van der Waals surface area (Å²) in [5.41, 5.74) is 4.22. The van der Waals surface area contributed by atoms with Gasteiger partial charge < -0.3 is 10.3 Å². The van der Waals surface area contributed by atoms with Crippen LogP contribution < -0.4 is 5.32 Å². The largest absolute Gasteiger partial charge is 0.358 e. The molecular weight excluding hydrogens is 318 g/mol. The smallest absolute Gasteiger partial charge is 0.269 e. The number of non-ortho nitro benzene ring substituents is 1. The van der Waals surface area contributed by atoms with E-state index in [1.54, 1.807) is 12.1 Å². The first kappa shape index (κ1) is 16.7. The quantitative estimate of drug-likeness (QED) is 0.534. The van der Waals surface area contributed by atoms with Gasteiger partial charge in [-0.05, 0) is 30.5 Å². The van der Waals surface area contributed by atoms with E-state index in [0.29, 0.717) is 6.54 Å². The molecule has 0 aliphatic carbocycles. The Morgan fingerprint density at radius 2 is 1.88 bits per heavy atom. The highest BCUT2D eigenvalue weighted by Gasteiger charge is 2.10. The number of carbonyl (C=O) groups is 1. The second-order valence-electron chi connectivity index (χ2n) is 5.97. The molecule has 0 aliphatic heterocycles. The molecule has 0 saturated heterocycles. The molecule has 0 bridgehead atoms. The fourth-order valence-corrected chi connectivity index (χ4v) is 2.97. The summed E-state index contributed by atoms with van der Waals surface area (Å²) in [7, 11) is 0. The number of nitro benzene ring substituents is 1. The van der Waals surface area contributed by atoms with Gasteiger partial charge in [0.2, 0.25) is 5.91 Å². The van der Waals surface area contributed by atoms with E-state index in [9.17, 15) is 14.9 Å². The van der Waals surface area contributed by atoms with Gasteiger partial charge in [0.15, 0.2) is 0 Å². The highest BCUT2D eigenvalue weighted by atomic mass is 16.6. The Morgan fingerprint density at radius 3 is 2.60 bits per heavy atom. The molecule has 25 heavy (non-hydrogen) atoms. The zero-order valence-electron chi connectivity index (χ0n) is 13.9. The molecule has 1 aromatic heterocycles. The number of hydrogen-bond acceptors (Lipinski definition) is 3. The van der Waals surface area contributed by atoms with Crippen LogP contribution in [0.15, 0.2) is 48.5 Å². The van der Waals surface area contributed by atoms with Crippen LogP contribution in [-0.4, -0.2) is 22.4 Å². The Morgan fingerprint density at radius 1 is 1.16 bits per heavy atom. The van der Waals surface area contributed by atoms with Gasteiger partial charge in [-0.2, -0.15) is 0 Å². The second kappa shape index (κ2) is 7.17. The van der Waals surface area contributed by atoms with Gasteiger partial charge in [0, 0.05) is 35.3 Å². The zero-order chi connectivity index (χ0) is 17.8. The average Bonchev–Trinajstić information content (AvgIpc) is 2.91. The number of nitrogens with one attached hydrogen (secondary N) is 2. The maximum atomic E-state index is 12.1. The van der Waals surface area contributed by atoms with Crippen molar-refractivity contribution in [2.24, 2.45) is 0 Å². The maximum absolute atomic E-state index is 12.1. The molecule has 6 nitrogen and oxygen atoms in total. The van der Waals surface area contributed by atoms with Crippen LogP contribution >= 0.6 is 0 Å². The molecule has 2 N–H and O–H groups in total. The minimum atomic E-state index is -0.451. The number of rotatable bonds is 6. The molecule has 1 amide bonds. The minimum Gasteiger partial charge on any atom is -0.358 e. The van der Waals surface area contributed by atoms with Crippen molar-refractivity contribution in [1.82, 2.24) is 10.3 Å². The molecule has 3 rings (SSSR count). The molecule has 0 radical (unpaired) electrons. The Balaban J connectivity index is 1.55. The Hall–Kier alpha value is -3.15. The molecule has 2 aromatic carbocycles. The molecule has 6 heteroatoms. The zero-order valence-corrected chi connectivity index (χ0v) is 13.9. The molecule has 3 aromatic rings. The fraction of sp³-hybridized carbons (Fsp3) is 0.211. The third kappa shape index (κ3) is 3.85. The van der Waals surface area contributed by atoms with Gasteiger partial charge in [-0.15, -0.1) is 0 Å². The SMILES string of the molecule is Cc1[nH]c2ccccc2c1CCNC(=O)Cc1ccc([N+](=O)[O-])cc1. The van der Waals surface area contributed by atoms with Crippen LogP contribution in [0.1, 0.15) is 16.8 Å². The number of nitrogens with zero attached hydrogens (tertiary/aromatic N) is 1. The van der Waals surface area contributed by atoms with Gasteiger partial charge in [0.1, 0.15) is 0 Å². The van der Waals surface area contributed by atoms with Crippen LogP contribution in [0.25, 0.3) is 10.9 Å². The molecular formula is C19H19N3O3. The van der Waals surface area contributed by atoms with Crippen LogP contribution in [0.2, 0.25) is 0 Å². The van der Waals surface area contributed by atoms with Gasteiger partial charge >= 0.3 is 0 Å². The molecule has 1 heterocycles. The van der Waals surface area contributed by atoms with E-state index >= 15 is 0 Å². The van der Waals surface area contributed by atoms with E-state index in [1.807, 2.05) is 25.1 Å². The van der Waals surface area contributed by atoms with Crippen molar-refractivity contribution in [2.45, 2.75) is 19.8 Å². The normalized spacial score (nSPS) is 10.8. The number of hydrogen-bond donors (Lipinski definition) is 2. The van der Waals surface area contributed by atoms with Crippen LogP contribution in [0.5, 0.6) is 0 Å². The standard InChI is InChI=1S/C19H19N3O3/c1-13-16(17-4-2-3-5-18(17)21-13)10-11-20-19(23)12-14-6-8-15(9-7-14)22(24)25/h2-9,21H,10-12H2,1H3,(H,20,23). The lowest BCUT2D eigenvalue weighted by Crippen LogP contribution is -2.27. The third-order valence-electron chi connectivity index (χ3n) is 4.24. The summed E-state index contributed by atoms with van der Waals surface area (Å²) in [5.74, 6) is -0.0913. The summed E-state index contributed by atoms with van der Waals surface area (Å²) in [5, 5.41) is 14.7. The number of H-pyrrole nitrogens is 1. The van der Waals surface area contributed by atoms with E-state index in [-0.39, 0.29) is 18.0 Å². The summed E-state index contributed by atoms with van der Waals surface area (Å²) in [6.45, 7) is 2.59. The summed E-state index contributed by atoms with van der Waals surface area (Å²) in [6.07, 6.45) is 0.965. The Bertz CT molecular complexity index is 913. The highest BCUT2D eigenvalue weighted by molar-refractivity contribution is 5.84. The van der Waals surface area contributed by atoms with Gasteiger partial charge in [-0.3, -0.25) is 14.9 Å². The van der Waals surface area contributed by atoms with Crippen LogP contribution in [-0.2, 0) is 17.6 Å². The first-order valence-electron chi connectivity index (χ1n) is 8.11. The number of benzene rings is 2. The number of fused-ring (bicyclic) bond motifs is 1. The minimum absolute atomic E-state index is 0.0268. The molecule has 0 aliphatic rings. The van der Waals surface area contributed by atoms with Gasteiger partial charge in [0.05, 0.1) is 11.3 Å². The van der Waals surface area contributed by atoms with Crippen molar-refractivity contribution in [3.05, 3.63) is 75.5 Å². The van der Waals surface area contributed by atoms with E-state index in [1.165, 1.54) is 23.1 Å². The number of carbonyl (C=O) groups excluding carboxylic acids is 1. The third-order valence-corrected chi connectivity index (χ3v) is 4.24. The van der Waals surface area contributed by atoms with Crippen LogP contribution in [0.3, 0.4) is 0 Å². The monoisotopic (exact) mass is 337 g/mol. The van der Waals surface area contributed by atoms with Gasteiger partial charge in [-0.25, -0.2) is 0 Å². The summed E-state index contributed by atoms with van der Waals surface area (Å²) < 4.78 is 0. The lowest BCUT2D eigenvalue weighted by Gasteiger charge is -2.06. The molecule has 0 unspecified atom stereocenters. The maximum Gasteiger partial charge on any atom is 0.269 e. The summed E-state index contributed by atoms with van der Waals surface area (Å²) in [4.78, 5) is 25.6. The topological polar surface area (TPSA) is 88.0 Å². The number of aromatic nitrogens is 1. The van der Waals surface area contributed by atoms with E-state index in [2.05, 4.69) is 16.4 Å². The Kier molecular flexibility index (Phi) is 4.79. The highest BCUT2D eigenvalue weighted by Crippen LogP contribution is 2.21. The molecule has 0 saturated carbocycles. The molecule has 128 valence electrons. The predicted octanol–water partition coefficient (Wildman–Crippen LogP) is 3.29. The van der Waals surface area contributed by atoms with E-state index < -0.39 is 4.92 Å². The lowest BCUT2D eigenvalue weighted by molar-refractivity contribution is -0.384. The molecule has 0 atom stereocenters. The van der Waals surface area contributed by atoms with Crippen molar-refractivity contribution < 1.29 is 9.72 Å². The summed E-state index contributed by atoms with van der Waals surface area (Å²) in [6, 6.07) is 14.2. The summed E-state index contributed by atoms with van der Waals surface area (Å²) >= 11 is 0. The second-order valence-corrected chi connectivity index (χ2v) is 5.97. The van der Waals surface area contributed by atoms with Crippen molar-refractivity contribution in [1.29, 1.82) is 0 Å². The van der Waals surface area contributed by atoms with Crippen LogP contribution in [0.4, 0.5) is 5.69 Å². The molecule has 0 fully saturated rings. The first-order chi connectivity index (χ1) is 12.0. The number of para-hydroxylation sites is 1. The predicted molar refractivity (Wildman–Crippen MR) is 96.5 cm³/mol. The Labute approximate surface area is 145 Å². The van der Waals surface area contributed by atoms with Gasteiger partial charge in [-0.1, -0.05) is 30.3 Å². The van der Waals surface area contributed by atoms with Crippen LogP contribution in [0, 0.1) is 17.0 Å². The average molecular weight is 337 g/mol. The number of amides is 1. The van der Waals surface area contributed by atoms with Crippen molar-refractivity contribution in [3.8, 4) is 0 Å². The lowest BCUT2D eigenvalue weighted by atomic mass is 10.1. The van der Waals surface area contributed by atoms with E-state index in [0.717, 1.165) is 23.2 Å². The van der Waals surface area contributed by atoms with Crippen molar-refractivity contribution in [3.63, 3.8) is 0 Å². The molecule has 0 spiro atoms. The first-order valence-corrected chi connectivity index (χ1v) is 8.11.